The smallest absolute Gasteiger partial charge is 0.345 e. The maximum absolute atomic E-state index is 12.0. The summed E-state index contributed by atoms with van der Waals surface area (Å²) in [6, 6.07) is 6.35. The number of rotatable bonds is 4. The lowest BCUT2D eigenvalue weighted by Crippen LogP contribution is -1.97. The van der Waals surface area contributed by atoms with Crippen LogP contribution in [0, 0.1) is 13.8 Å². The number of aromatic carboxylic acids is 1. The summed E-state index contributed by atoms with van der Waals surface area (Å²) in [4.78, 5) is 23.2. The number of ketones is 1. The molecule has 1 aromatic heterocycles. The van der Waals surface area contributed by atoms with Crippen LogP contribution in [0.3, 0.4) is 0 Å². The van der Waals surface area contributed by atoms with Gasteiger partial charge in [0, 0.05) is 0 Å². The largest absolute Gasteiger partial charge is 0.872 e. The molecule has 1 aromatic carbocycles. The average molecular weight is 301 g/mol. The van der Waals surface area contributed by atoms with E-state index in [0.29, 0.717) is 16.0 Å². The maximum atomic E-state index is 12.0. The van der Waals surface area contributed by atoms with Crippen molar-refractivity contribution in [3.8, 4) is 5.75 Å². The number of allylic oxidation sites excluding steroid dienone is 1. The number of carbonyl (C=O) groups is 2. The molecule has 0 bridgehead atoms. The predicted octanol–water partition coefficient (Wildman–Crippen LogP) is 3.03. The summed E-state index contributed by atoms with van der Waals surface area (Å²) in [5, 5.41) is 20.4. The summed E-state index contributed by atoms with van der Waals surface area (Å²) in [5.74, 6) is -1.29. The highest BCUT2D eigenvalue weighted by Crippen LogP contribution is 2.22. The van der Waals surface area contributed by atoms with Crippen LogP contribution in [0.4, 0.5) is 0 Å². The summed E-state index contributed by atoms with van der Waals surface area (Å²) in [7, 11) is 0. The van der Waals surface area contributed by atoms with Gasteiger partial charge in [0.15, 0.2) is 5.78 Å². The molecule has 0 amide bonds. The van der Waals surface area contributed by atoms with Crippen molar-refractivity contribution in [1.29, 1.82) is 0 Å². The molecule has 0 spiro atoms. The summed E-state index contributed by atoms with van der Waals surface area (Å²) >= 11 is 0.943. The molecular weight excluding hydrogens is 288 g/mol. The van der Waals surface area contributed by atoms with Gasteiger partial charge in [0.05, 0.1) is 4.88 Å². The summed E-state index contributed by atoms with van der Waals surface area (Å²) in [5.41, 5.74) is 2.03. The van der Waals surface area contributed by atoms with Crippen molar-refractivity contribution in [3.63, 3.8) is 0 Å². The second-order valence-corrected chi connectivity index (χ2v) is 5.73. The first-order chi connectivity index (χ1) is 9.88. The molecule has 21 heavy (non-hydrogen) atoms. The normalized spacial score (nSPS) is 11.0. The van der Waals surface area contributed by atoms with Crippen molar-refractivity contribution in [1.82, 2.24) is 0 Å². The molecule has 1 heterocycles. The lowest BCUT2D eigenvalue weighted by molar-refractivity contribution is -0.270. The van der Waals surface area contributed by atoms with Crippen LogP contribution in [0.2, 0.25) is 0 Å². The lowest BCUT2D eigenvalue weighted by atomic mass is 10.1. The third-order valence-corrected chi connectivity index (χ3v) is 4.06. The van der Waals surface area contributed by atoms with Gasteiger partial charge in [0.1, 0.15) is 4.88 Å². The van der Waals surface area contributed by atoms with Crippen molar-refractivity contribution in [2.24, 2.45) is 0 Å². The first-order valence-electron chi connectivity index (χ1n) is 6.22. The van der Waals surface area contributed by atoms with Gasteiger partial charge in [-0.15, -0.1) is 17.1 Å². The Labute approximate surface area is 126 Å². The molecule has 1 N–H and O–H groups in total. The van der Waals surface area contributed by atoms with E-state index in [9.17, 15) is 14.7 Å². The van der Waals surface area contributed by atoms with E-state index in [1.165, 1.54) is 18.2 Å². The molecule has 2 aromatic rings. The monoisotopic (exact) mass is 301 g/mol. The number of benzene rings is 1. The van der Waals surface area contributed by atoms with Gasteiger partial charge in [-0.1, -0.05) is 29.3 Å². The van der Waals surface area contributed by atoms with E-state index in [2.05, 4.69) is 0 Å². The van der Waals surface area contributed by atoms with E-state index in [-0.39, 0.29) is 16.4 Å². The minimum absolute atomic E-state index is 0.00262. The van der Waals surface area contributed by atoms with Crippen LogP contribution in [0.15, 0.2) is 30.3 Å². The third kappa shape index (κ3) is 3.38. The van der Waals surface area contributed by atoms with Crippen LogP contribution in [-0.2, 0) is 0 Å². The minimum Gasteiger partial charge on any atom is -0.872 e. The molecular formula is C16H13O4S-. The van der Waals surface area contributed by atoms with E-state index in [1.807, 2.05) is 0 Å². The Kier molecular flexibility index (Phi) is 4.23. The second-order valence-electron chi connectivity index (χ2n) is 4.65. The molecule has 108 valence electrons. The van der Waals surface area contributed by atoms with Crippen molar-refractivity contribution in [3.05, 3.63) is 56.8 Å². The molecule has 0 radical (unpaired) electrons. The van der Waals surface area contributed by atoms with E-state index < -0.39 is 5.97 Å². The summed E-state index contributed by atoms with van der Waals surface area (Å²) in [6.07, 6.45) is 3.01. The Morgan fingerprint density at radius 3 is 2.24 bits per heavy atom. The summed E-state index contributed by atoms with van der Waals surface area (Å²) in [6.45, 7) is 3.46. The topological polar surface area (TPSA) is 77.4 Å². The average Bonchev–Trinajstić information content (AvgIpc) is 2.92. The zero-order chi connectivity index (χ0) is 15.6. The third-order valence-electron chi connectivity index (χ3n) is 2.97. The fraction of sp³-hybridized carbons (Fsp3) is 0.125. The fourth-order valence-electron chi connectivity index (χ4n) is 1.92. The molecule has 0 unspecified atom stereocenters. The second kappa shape index (κ2) is 5.93. The standard InChI is InChI=1S/C16H14O4S/c1-9-7-11(8-10(2)15(9)18)3-4-12(17)13-5-6-14(21-13)16(19)20/h3-8,18H,1-2H3,(H,19,20)/p-1/b4-3+. The Balaban J connectivity index is 2.20. The maximum Gasteiger partial charge on any atom is 0.345 e. The van der Waals surface area contributed by atoms with E-state index >= 15 is 0 Å². The highest BCUT2D eigenvalue weighted by atomic mass is 32.1. The number of carbonyl (C=O) groups excluding carboxylic acids is 1. The number of thiophene rings is 1. The van der Waals surface area contributed by atoms with Crippen LogP contribution in [0.1, 0.15) is 36.0 Å². The highest BCUT2D eigenvalue weighted by molar-refractivity contribution is 7.16. The van der Waals surface area contributed by atoms with Crippen LogP contribution < -0.4 is 5.11 Å². The molecule has 0 saturated heterocycles. The first-order valence-corrected chi connectivity index (χ1v) is 7.04. The van der Waals surface area contributed by atoms with Crippen LogP contribution in [0.5, 0.6) is 5.75 Å². The zero-order valence-corrected chi connectivity index (χ0v) is 12.4. The van der Waals surface area contributed by atoms with E-state index in [1.54, 1.807) is 32.1 Å². The van der Waals surface area contributed by atoms with Gasteiger partial charge in [-0.05, 0) is 37.6 Å². The number of hydrogen-bond donors (Lipinski definition) is 1. The highest BCUT2D eigenvalue weighted by Gasteiger charge is 2.10. The van der Waals surface area contributed by atoms with Gasteiger partial charge in [-0.2, -0.15) is 0 Å². The van der Waals surface area contributed by atoms with Gasteiger partial charge in [0.25, 0.3) is 0 Å². The number of aryl methyl sites for hydroxylation is 2. The summed E-state index contributed by atoms with van der Waals surface area (Å²) < 4.78 is 0. The SMILES string of the molecule is Cc1cc(/C=C/C(=O)c2ccc(C(=O)O)s2)cc(C)c1[O-]. The van der Waals surface area contributed by atoms with Crippen LogP contribution in [0.25, 0.3) is 6.08 Å². The van der Waals surface area contributed by atoms with Gasteiger partial charge in [0.2, 0.25) is 0 Å². The molecule has 0 atom stereocenters. The lowest BCUT2D eigenvalue weighted by Gasteiger charge is -2.14. The van der Waals surface area contributed by atoms with E-state index in [0.717, 1.165) is 16.9 Å². The number of carboxylic acids is 1. The van der Waals surface area contributed by atoms with Crippen LogP contribution >= 0.6 is 11.3 Å². The molecule has 0 fully saturated rings. The molecule has 0 aliphatic carbocycles. The molecule has 0 aliphatic rings. The van der Waals surface area contributed by atoms with E-state index in [4.69, 9.17) is 5.11 Å². The molecule has 4 nitrogen and oxygen atoms in total. The fourth-order valence-corrected chi connectivity index (χ4v) is 2.68. The van der Waals surface area contributed by atoms with Gasteiger partial charge < -0.3 is 10.2 Å². The van der Waals surface area contributed by atoms with Crippen LogP contribution in [-0.4, -0.2) is 16.9 Å². The molecule has 5 heteroatoms. The Hall–Kier alpha value is -2.40. The first kappa shape index (κ1) is 15.0. The Morgan fingerprint density at radius 2 is 1.71 bits per heavy atom. The molecule has 0 saturated carbocycles. The predicted molar refractivity (Wildman–Crippen MR) is 80.0 cm³/mol. The minimum atomic E-state index is -1.04. The number of carboxylic acid groups (broad SMARTS) is 1. The van der Waals surface area contributed by atoms with Crippen molar-refractivity contribution >= 4 is 29.2 Å². The van der Waals surface area contributed by atoms with Gasteiger partial charge in [-0.3, -0.25) is 4.79 Å². The molecule has 2 rings (SSSR count). The zero-order valence-electron chi connectivity index (χ0n) is 11.5. The van der Waals surface area contributed by atoms with Crippen molar-refractivity contribution in [2.45, 2.75) is 13.8 Å². The Bertz CT molecular complexity index is 717. The molecule has 0 aliphatic heterocycles. The number of hydrogen-bond acceptors (Lipinski definition) is 4. The van der Waals surface area contributed by atoms with Crippen molar-refractivity contribution < 1.29 is 19.8 Å². The Morgan fingerprint density at radius 1 is 1.14 bits per heavy atom. The van der Waals surface area contributed by atoms with Gasteiger partial charge in [-0.25, -0.2) is 4.79 Å². The van der Waals surface area contributed by atoms with Gasteiger partial charge >= 0.3 is 5.97 Å². The van der Waals surface area contributed by atoms with Crippen molar-refractivity contribution in [2.75, 3.05) is 0 Å². The quantitative estimate of drug-likeness (QED) is 0.695.